The molecule has 182 valence electrons. The zero-order chi connectivity index (χ0) is 24.7. The Morgan fingerprint density at radius 3 is 2.35 bits per heavy atom. The van der Waals surface area contributed by atoms with E-state index in [4.69, 9.17) is 9.47 Å². The van der Waals surface area contributed by atoms with Crippen LogP contribution >= 0.6 is 0 Å². The van der Waals surface area contributed by atoms with Crippen LogP contribution in [0.25, 0.3) is 5.76 Å². The molecule has 0 bridgehead atoms. The molecule has 34 heavy (non-hydrogen) atoms. The van der Waals surface area contributed by atoms with Gasteiger partial charge >= 0.3 is 0 Å². The summed E-state index contributed by atoms with van der Waals surface area (Å²) in [5.74, 6) is -0.551. The van der Waals surface area contributed by atoms with Gasteiger partial charge in [-0.3, -0.25) is 9.59 Å². The number of hydrogen-bond acceptors (Lipinski definition) is 5. The lowest BCUT2D eigenvalue weighted by molar-refractivity contribution is -0.895. The van der Waals surface area contributed by atoms with Gasteiger partial charge in [-0.2, -0.15) is 0 Å². The second-order valence-corrected chi connectivity index (χ2v) is 8.33. The van der Waals surface area contributed by atoms with Crippen molar-refractivity contribution in [2.75, 3.05) is 39.9 Å². The summed E-state index contributed by atoms with van der Waals surface area (Å²) < 4.78 is 11.0. The van der Waals surface area contributed by atoms with Crippen LogP contribution in [0.3, 0.4) is 0 Å². The molecule has 0 aliphatic carbocycles. The Labute approximate surface area is 201 Å². The van der Waals surface area contributed by atoms with Crippen molar-refractivity contribution in [3.8, 4) is 11.5 Å². The Kier molecular flexibility index (Phi) is 8.71. The first kappa shape index (κ1) is 25.3. The quantitative estimate of drug-likeness (QED) is 0.309. The zero-order valence-corrected chi connectivity index (χ0v) is 20.4. The van der Waals surface area contributed by atoms with Gasteiger partial charge in [-0.05, 0) is 55.7 Å². The summed E-state index contributed by atoms with van der Waals surface area (Å²) in [6.07, 6.45) is 0.858. The van der Waals surface area contributed by atoms with Crippen molar-refractivity contribution in [1.82, 2.24) is 4.90 Å². The minimum absolute atomic E-state index is 0.0163. The van der Waals surface area contributed by atoms with Crippen LogP contribution in [-0.4, -0.2) is 56.5 Å². The lowest BCUT2D eigenvalue weighted by atomic mass is 9.95. The number of rotatable bonds is 11. The molecule has 1 fully saturated rings. The molecule has 0 radical (unpaired) electrons. The predicted molar refractivity (Wildman–Crippen MR) is 129 cm³/mol. The second kappa shape index (κ2) is 11.7. The normalized spacial score (nSPS) is 17.4. The number of ether oxygens (including phenoxy) is 2. The van der Waals surface area contributed by atoms with E-state index in [9.17, 15) is 14.7 Å². The molecular formula is C27H34N2O5. The number of nitrogens with one attached hydrogen (secondary N) is 1. The Bertz CT molecular complexity index is 1030. The van der Waals surface area contributed by atoms with Gasteiger partial charge in [0.25, 0.3) is 5.91 Å². The highest BCUT2D eigenvalue weighted by Gasteiger charge is 2.44. The van der Waals surface area contributed by atoms with Crippen molar-refractivity contribution >= 4 is 17.4 Å². The molecule has 2 aromatic carbocycles. The summed E-state index contributed by atoms with van der Waals surface area (Å²) in [7, 11) is 1.55. The molecule has 0 spiro atoms. The first-order valence-electron chi connectivity index (χ1n) is 11.9. The second-order valence-electron chi connectivity index (χ2n) is 8.33. The van der Waals surface area contributed by atoms with E-state index in [0.29, 0.717) is 42.3 Å². The smallest absolute Gasteiger partial charge is 0.295 e. The molecule has 1 N–H and O–H groups in total. The molecule has 1 unspecified atom stereocenters. The number of carbonyl (C=O) groups excluding carboxylic acids is 2. The third-order valence-corrected chi connectivity index (χ3v) is 6.23. The summed E-state index contributed by atoms with van der Waals surface area (Å²) >= 11 is 0. The Morgan fingerprint density at radius 2 is 1.74 bits per heavy atom. The van der Waals surface area contributed by atoms with E-state index in [1.165, 1.54) is 4.90 Å². The maximum Gasteiger partial charge on any atom is 0.295 e. The van der Waals surface area contributed by atoms with E-state index in [1.54, 1.807) is 36.3 Å². The minimum atomic E-state index is -0.755. The van der Waals surface area contributed by atoms with Gasteiger partial charge in [0.1, 0.15) is 11.5 Å². The van der Waals surface area contributed by atoms with Crippen LogP contribution in [0.2, 0.25) is 0 Å². The van der Waals surface area contributed by atoms with Gasteiger partial charge < -0.3 is 24.4 Å². The highest BCUT2D eigenvalue weighted by Crippen LogP contribution is 2.39. The van der Waals surface area contributed by atoms with Gasteiger partial charge in [0, 0.05) is 5.57 Å². The maximum atomic E-state index is 13.5. The number of Topliss-reactive ketones (excluding diaryl/α,β-unsaturated/α-hetero) is 1. The molecule has 1 saturated heterocycles. The van der Waals surface area contributed by atoms with Gasteiger partial charge in [0.05, 0.1) is 45.9 Å². The molecule has 7 heteroatoms. The van der Waals surface area contributed by atoms with Crippen LogP contribution in [0.5, 0.6) is 11.5 Å². The van der Waals surface area contributed by atoms with E-state index in [2.05, 4.69) is 13.8 Å². The van der Waals surface area contributed by atoms with Crippen molar-refractivity contribution in [2.24, 2.45) is 0 Å². The third kappa shape index (κ3) is 5.42. The largest absolute Gasteiger partial charge is 0.872 e. The molecule has 0 saturated carbocycles. The number of methoxy groups -OCH3 is 1. The van der Waals surface area contributed by atoms with Crippen LogP contribution in [0.4, 0.5) is 0 Å². The lowest BCUT2D eigenvalue weighted by Gasteiger charge is -2.28. The maximum absolute atomic E-state index is 13.5. The number of quaternary nitrogens is 1. The van der Waals surface area contributed by atoms with Crippen LogP contribution in [0, 0.1) is 0 Å². The molecule has 0 aromatic heterocycles. The molecule has 1 aliphatic heterocycles. The van der Waals surface area contributed by atoms with E-state index < -0.39 is 23.5 Å². The molecule has 3 rings (SSSR count). The summed E-state index contributed by atoms with van der Waals surface area (Å²) in [5.41, 5.74) is 1.02. The van der Waals surface area contributed by atoms with Crippen molar-refractivity contribution in [1.29, 1.82) is 0 Å². The number of likely N-dealkylation sites (tertiary alicyclic amines) is 1. The van der Waals surface area contributed by atoms with E-state index >= 15 is 0 Å². The average Bonchev–Trinajstić information content (AvgIpc) is 3.13. The monoisotopic (exact) mass is 466 g/mol. The number of benzene rings is 2. The van der Waals surface area contributed by atoms with Gasteiger partial charge in [0.15, 0.2) is 0 Å². The number of nitrogens with zero attached hydrogens (tertiary/aromatic N) is 1. The van der Waals surface area contributed by atoms with Crippen molar-refractivity contribution < 1.29 is 29.1 Å². The summed E-state index contributed by atoms with van der Waals surface area (Å²) in [4.78, 5) is 29.1. The molecule has 1 amide bonds. The minimum Gasteiger partial charge on any atom is -0.872 e. The SMILES string of the molecule is CCCOc1cccc(C2C(=C([O-])c3ccc(OC)cc3)C(=O)C(=O)N2CC[NH+](CC)CC)c1. The molecule has 1 atom stereocenters. The predicted octanol–water partition coefficient (Wildman–Crippen LogP) is 1.63. The van der Waals surface area contributed by atoms with Crippen molar-refractivity contribution in [3.05, 3.63) is 65.2 Å². The molecular weight excluding hydrogens is 432 g/mol. The molecule has 1 heterocycles. The van der Waals surface area contributed by atoms with Crippen molar-refractivity contribution in [3.63, 3.8) is 0 Å². The Hall–Kier alpha value is -3.32. The lowest BCUT2D eigenvalue weighted by Crippen LogP contribution is -3.12. The van der Waals surface area contributed by atoms with E-state index in [1.807, 2.05) is 31.2 Å². The number of likely N-dealkylation sites (N-methyl/N-ethyl adjacent to an activating group) is 1. The average molecular weight is 467 g/mol. The fourth-order valence-electron chi connectivity index (χ4n) is 4.22. The first-order valence-corrected chi connectivity index (χ1v) is 11.9. The van der Waals surface area contributed by atoms with Crippen molar-refractivity contribution in [2.45, 2.75) is 33.2 Å². The summed E-state index contributed by atoms with van der Waals surface area (Å²) in [6, 6.07) is 13.2. The fourth-order valence-corrected chi connectivity index (χ4v) is 4.22. The Balaban J connectivity index is 2.08. The van der Waals surface area contributed by atoms with Crippen LogP contribution in [0.15, 0.2) is 54.1 Å². The van der Waals surface area contributed by atoms with Crippen LogP contribution in [-0.2, 0) is 9.59 Å². The summed E-state index contributed by atoms with van der Waals surface area (Å²) in [5, 5.41) is 13.5. The standard InChI is InChI=1S/C27H34N2O5/c1-5-17-34-22-10-8-9-20(18-22)24-23(25(30)19-11-13-21(33-4)14-12-19)26(31)27(32)29(24)16-15-28(6-2)7-3/h8-14,18,24,30H,5-7,15-17H2,1-4H3. The van der Waals surface area contributed by atoms with E-state index in [0.717, 1.165) is 19.5 Å². The Morgan fingerprint density at radius 1 is 1.03 bits per heavy atom. The van der Waals surface area contributed by atoms with Gasteiger partial charge in [-0.15, -0.1) is 0 Å². The molecule has 2 aromatic rings. The van der Waals surface area contributed by atoms with Gasteiger partial charge in [-0.1, -0.05) is 36.9 Å². The zero-order valence-electron chi connectivity index (χ0n) is 20.4. The fraction of sp³-hybridized carbons (Fsp3) is 0.407. The first-order chi connectivity index (χ1) is 16.4. The van der Waals surface area contributed by atoms with Crippen LogP contribution < -0.4 is 19.5 Å². The topological polar surface area (TPSA) is 83.3 Å². The van der Waals surface area contributed by atoms with Gasteiger partial charge in [0.2, 0.25) is 5.78 Å². The van der Waals surface area contributed by atoms with E-state index in [-0.39, 0.29) is 5.57 Å². The highest BCUT2D eigenvalue weighted by molar-refractivity contribution is 6.46. The van der Waals surface area contributed by atoms with Gasteiger partial charge in [-0.25, -0.2) is 0 Å². The number of carbonyl (C=O) groups is 2. The summed E-state index contributed by atoms with van der Waals surface area (Å²) in [6.45, 7) is 9.66. The number of ketones is 1. The number of amides is 1. The molecule has 1 aliphatic rings. The number of hydrogen-bond donors (Lipinski definition) is 1. The van der Waals surface area contributed by atoms with Crippen LogP contribution in [0.1, 0.15) is 44.4 Å². The third-order valence-electron chi connectivity index (χ3n) is 6.23. The molecule has 7 nitrogen and oxygen atoms in total. The highest BCUT2D eigenvalue weighted by atomic mass is 16.5.